The van der Waals surface area contributed by atoms with Crippen LogP contribution in [0.1, 0.15) is 35.3 Å². The van der Waals surface area contributed by atoms with Crippen molar-refractivity contribution in [1.29, 1.82) is 0 Å². The van der Waals surface area contributed by atoms with Gasteiger partial charge in [0.05, 0.1) is 5.56 Å². The highest BCUT2D eigenvalue weighted by Crippen LogP contribution is 2.28. The van der Waals surface area contributed by atoms with E-state index >= 15 is 0 Å². The quantitative estimate of drug-likeness (QED) is 0.222. The fourth-order valence-electron chi connectivity index (χ4n) is 5.55. The minimum Gasteiger partial charge on any atom is -0.459 e. The van der Waals surface area contributed by atoms with Crippen LogP contribution in [-0.2, 0) is 19.0 Å². The van der Waals surface area contributed by atoms with Gasteiger partial charge in [0.1, 0.15) is 24.9 Å². The van der Waals surface area contributed by atoms with Crippen LogP contribution in [0.15, 0.2) is 79.4 Å². The van der Waals surface area contributed by atoms with Crippen LogP contribution < -0.4 is 10.2 Å². The Labute approximate surface area is 244 Å². The number of nitrogens with zero attached hydrogens (tertiary/aromatic N) is 1. The van der Waals surface area contributed by atoms with Gasteiger partial charge < -0.3 is 39.7 Å². The number of anilines is 1. The summed E-state index contributed by atoms with van der Waals surface area (Å²) >= 11 is 0. The first kappa shape index (κ1) is 29.7. The van der Waals surface area contributed by atoms with E-state index in [1.807, 2.05) is 18.2 Å². The molecule has 0 bridgehead atoms. The molecule has 3 aromatic carbocycles. The Bertz CT molecular complexity index is 1410. The Morgan fingerprint density at radius 3 is 2.55 bits per heavy atom. The molecule has 4 N–H and O–H groups in total. The van der Waals surface area contributed by atoms with E-state index in [2.05, 4.69) is 60.1 Å². The van der Waals surface area contributed by atoms with Crippen LogP contribution in [0.2, 0.25) is 0 Å². The molecule has 0 spiro atoms. The van der Waals surface area contributed by atoms with E-state index in [1.54, 1.807) is 12.1 Å². The van der Waals surface area contributed by atoms with Crippen LogP contribution >= 0.6 is 0 Å². The first-order valence-corrected chi connectivity index (χ1v) is 14.0. The van der Waals surface area contributed by atoms with Crippen LogP contribution in [0.4, 0.5) is 5.69 Å². The molecule has 2 fully saturated rings. The second-order valence-corrected chi connectivity index (χ2v) is 10.7. The molecular formula is C32H36N2O8. The third-order valence-corrected chi connectivity index (χ3v) is 7.80. The number of carbonyl (C=O) groups is 2. The number of aliphatic hydroxyl groups excluding tert-OH is 3. The van der Waals surface area contributed by atoms with Gasteiger partial charge in [-0.3, -0.25) is 0 Å². The van der Waals surface area contributed by atoms with Gasteiger partial charge >= 0.3 is 11.9 Å². The van der Waals surface area contributed by atoms with E-state index in [1.165, 1.54) is 22.4 Å². The van der Waals surface area contributed by atoms with Crippen molar-refractivity contribution < 1.29 is 39.1 Å². The van der Waals surface area contributed by atoms with Gasteiger partial charge in [-0.2, -0.15) is 0 Å². The molecule has 2 saturated heterocycles. The second-order valence-electron chi connectivity index (χ2n) is 10.7. The predicted molar refractivity (Wildman–Crippen MR) is 156 cm³/mol. The molecule has 2 heterocycles. The van der Waals surface area contributed by atoms with Crippen LogP contribution in [-0.4, -0.2) is 83.7 Å². The normalized spacial score (nSPS) is 26.5. The van der Waals surface area contributed by atoms with Gasteiger partial charge in [-0.05, 0) is 53.9 Å². The lowest BCUT2D eigenvalue weighted by molar-refractivity contribution is -0.279. The van der Waals surface area contributed by atoms with Crippen molar-refractivity contribution in [3.8, 4) is 0 Å². The zero-order valence-electron chi connectivity index (χ0n) is 23.3. The number of fused-ring (bicyclic) bond motifs is 1. The van der Waals surface area contributed by atoms with E-state index in [-0.39, 0.29) is 18.2 Å². The molecule has 222 valence electrons. The van der Waals surface area contributed by atoms with Gasteiger partial charge in [-0.15, -0.1) is 0 Å². The molecule has 10 nitrogen and oxygen atoms in total. The highest BCUT2D eigenvalue weighted by atomic mass is 16.7. The monoisotopic (exact) mass is 576 g/mol. The third kappa shape index (κ3) is 6.33. The highest BCUT2D eigenvalue weighted by molar-refractivity contribution is 5.90. The summed E-state index contributed by atoms with van der Waals surface area (Å²) in [5.74, 6) is -1.80. The van der Waals surface area contributed by atoms with E-state index in [9.17, 15) is 24.9 Å². The number of esters is 2. The molecule has 0 amide bonds. The van der Waals surface area contributed by atoms with Gasteiger partial charge in [0, 0.05) is 30.9 Å². The molecule has 2 aliphatic heterocycles. The standard InChI is InChI=1S/C32H36N2O8/c1-3-17-40-31(39)29-27(36)26(35)28(37)32(41-29)42-30(38)21-11-13-23(14-12-21)34-16-15-22(18-34)33-19(2)24-10-6-8-20-7-4-5-9-25(20)24/h3-14,19,22,26-29,32-33,35-37H,1,15-18H2,2H3/t19-,22+,26+,27+,28-,29+,32+/m1/s1. The molecule has 0 aliphatic carbocycles. The zero-order chi connectivity index (χ0) is 29.8. The van der Waals surface area contributed by atoms with Gasteiger partial charge in [0.25, 0.3) is 0 Å². The average molecular weight is 577 g/mol. The summed E-state index contributed by atoms with van der Waals surface area (Å²) in [6.07, 6.45) is -6.36. The first-order chi connectivity index (χ1) is 20.3. The topological polar surface area (TPSA) is 138 Å². The van der Waals surface area contributed by atoms with Crippen molar-refractivity contribution in [2.75, 3.05) is 24.6 Å². The Kier molecular flexibility index (Phi) is 9.20. The van der Waals surface area contributed by atoms with Crippen LogP contribution in [0.3, 0.4) is 0 Å². The number of aliphatic hydroxyl groups is 3. The average Bonchev–Trinajstić information content (AvgIpc) is 3.48. The number of nitrogens with one attached hydrogen (secondary N) is 1. The fraction of sp³-hybridized carbons (Fsp3) is 0.375. The molecule has 2 aliphatic rings. The lowest BCUT2D eigenvalue weighted by Gasteiger charge is -2.38. The molecule has 0 saturated carbocycles. The summed E-state index contributed by atoms with van der Waals surface area (Å²) in [4.78, 5) is 27.3. The van der Waals surface area contributed by atoms with E-state index in [0.717, 1.165) is 25.2 Å². The van der Waals surface area contributed by atoms with Crippen LogP contribution in [0.25, 0.3) is 10.8 Å². The van der Waals surface area contributed by atoms with Crippen molar-refractivity contribution in [3.63, 3.8) is 0 Å². The summed E-state index contributed by atoms with van der Waals surface area (Å²) in [5, 5.41) is 36.8. The summed E-state index contributed by atoms with van der Waals surface area (Å²) < 4.78 is 15.4. The number of rotatable bonds is 9. The Balaban J connectivity index is 1.17. The van der Waals surface area contributed by atoms with Crippen LogP contribution in [0.5, 0.6) is 0 Å². The van der Waals surface area contributed by atoms with Crippen molar-refractivity contribution in [2.45, 2.75) is 56.1 Å². The molecule has 0 unspecified atom stereocenters. The summed E-state index contributed by atoms with van der Waals surface area (Å²) in [5.41, 5.74) is 2.41. The lowest BCUT2D eigenvalue weighted by atomic mass is 9.99. The zero-order valence-corrected chi connectivity index (χ0v) is 23.3. The third-order valence-electron chi connectivity index (χ3n) is 7.80. The maximum Gasteiger partial charge on any atom is 0.340 e. The largest absolute Gasteiger partial charge is 0.459 e. The molecular weight excluding hydrogens is 540 g/mol. The first-order valence-electron chi connectivity index (χ1n) is 14.0. The number of benzene rings is 3. The maximum absolute atomic E-state index is 12.8. The molecule has 42 heavy (non-hydrogen) atoms. The van der Waals surface area contributed by atoms with Gasteiger partial charge in [0.15, 0.2) is 6.10 Å². The number of ether oxygens (including phenoxy) is 3. The second kappa shape index (κ2) is 13.0. The molecule has 0 radical (unpaired) electrons. The number of hydrogen-bond acceptors (Lipinski definition) is 10. The maximum atomic E-state index is 12.8. The van der Waals surface area contributed by atoms with E-state index < -0.39 is 42.6 Å². The molecule has 5 rings (SSSR count). The van der Waals surface area contributed by atoms with Crippen molar-refractivity contribution in [3.05, 3.63) is 90.5 Å². The van der Waals surface area contributed by atoms with Crippen molar-refractivity contribution in [1.82, 2.24) is 5.32 Å². The van der Waals surface area contributed by atoms with E-state index in [0.29, 0.717) is 6.04 Å². The number of carbonyl (C=O) groups excluding carboxylic acids is 2. The minimum atomic E-state index is -1.79. The smallest absolute Gasteiger partial charge is 0.340 e. The SMILES string of the molecule is C=CCOC(=O)[C@H]1O[C@@H](OC(=O)c2ccc(N3CC[C@H](N[C@H](C)c4cccc5ccccc45)C3)cc2)[C@H](O)[C@@H](O)[C@@H]1O. The Morgan fingerprint density at radius 2 is 1.79 bits per heavy atom. The van der Waals surface area contributed by atoms with Gasteiger partial charge in [-0.25, -0.2) is 9.59 Å². The van der Waals surface area contributed by atoms with Crippen LogP contribution in [0, 0.1) is 0 Å². The Hall–Kier alpha value is -3.80. The summed E-state index contributed by atoms with van der Waals surface area (Å²) in [6.45, 7) is 7.14. The van der Waals surface area contributed by atoms with Gasteiger partial charge in [-0.1, -0.05) is 55.1 Å². The molecule has 10 heteroatoms. The summed E-state index contributed by atoms with van der Waals surface area (Å²) in [6, 6.07) is 22.1. The molecule has 0 aromatic heterocycles. The van der Waals surface area contributed by atoms with Crippen molar-refractivity contribution >= 4 is 28.4 Å². The molecule has 3 aromatic rings. The molecule has 7 atom stereocenters. The highest BCUT2D eigenvalue weighted by Gasteiger charge is 2.49. The minimum absolute atomic E-state index is 0.141. The van der Waals surface area contributed by atoms with Gasteiger partial charge in [0.2, 0.25) is 6.29 Å². The lowest BCUT2D eigenvalue weighted by Crippen LogP contribution is -2.60. The predicted octanol–water partition coefficient (Wildman–Crippen LogP) is 2.46. The van der Waals surface area contributed by atoms with Crippen molar-refractivity contribution in [2.24, 2.45) is 0 Å². The fourth-order valence-corrected chi connectivity index (χ4v) is 5.55. The van der Waals surface area contributed by atoms with E-state index in [4.69, 9.17) is 14.2 Å². The summed E-state index contributed by atoms with van der Waals surface area (Å²) in [7, 11) is 0. The number of hydrogen-bond donors (Lipinski definition) is 4. The Morgan fingerprint density at radius 1 is 1.05 bits per heavy atom.